The maximum atomic E-state index is 11.1. The van der Waals surface area contributed by atoms with Gasteiger partial charge in [-0.2, -0.15) is 0 Å². The number of rotatable bonds is 4. The Morgan fingerprint density at radius 2 is 2.15 bits per heavy atom. The van der Waals surface area contributed by atoms with Gasteiger partial charge in [0.2, 0.25) is 5.91 Å². The number of ether oxygens (including phenoxy) is 1. The number of esters is 1. The molecule has 0 aliphatic carbocycles. The molecule has 1 unspecified atom stereocenters. The Labute approximate surface area is 78.2 Å². The molecule has 0 aromatic rings. The third-order valence-electron chi connectivity index (χ3n) is 1.74. The molecule has 4 heteroatoms. The molecule has 0 fully saturated rings. The molecular formula is C9H15NO3. The number of hydrogen-bond donors (Lipinski definition) is 0. The fourth-order valence-corrected chi connectivity index (χ4v) is 0.996. The SMILES string of the molecule is C=CCN(C(C)=O)C(C)C(=O)OC. The lowest BCUT2D eigenvalue weighted by atomic mass is 10.3. The van der Waals surface area contributed by atoms with Crippen LogP contribution in [-0.4, -0.2) is 36.5 Å². The smallest absolute Gasteiger partial charge is 0.328 e. The summed E-state index contributed by atoms with van der Waals surface area (Å²) in [5.41, 5.74) is 0. The van der Waals surface area contributed by atoms with Gasteiger partial charge in [-0.3, -0.25) is 4.79 Å². The maximum absolute atomic E-state index is 11.1. The number of hydrogen-bond acceptors (Lipinski definition) is 3. The summed E-state index contributed by atoms with van der Waals surface area (Å²) in [4.78, 5) is 23.5. The zero-order valence-electron chi connectivity index (χ0n) is 8.24. The van der Waals surface area contributed by atoms with Crippen LogP contribution < -0.4 is 0 Å². The fraction of sp³-hybridized carbons (Fsp3) is 0.556. The normalized spacial score (nSPS) is 11.6. The third kappa shape index (κ3) is 3.27. The Bertz CT molecular complexity index is 213. The van der Waals surface area contributed by atoms with E-state index in [1.54, 1.807) is 13.0 Å². The van der Waals surface area contributed by atoms with E-state index >= 15 is 0 Å². The van der Waals surface area contributed by atoms with Crippen LogP contribution in [0, 0.1) is 0 Å². The van der Waals surface area contributed by atoms with E-state index in [0.29, 0.717) is 6.54 Å². The minimum atomic E-state index is -0.555. The zero-order chi connectivity index (χ0) is 10.4. The Hall–Kier alpha value is -1.32. The molecule has 74 valence electrons. The topological polar surface area (TPSA) is 46.6 Å². The highest BCUT2D eigenvalue weighted by Gasteiger charge is 2.22. The van der Waals surface area contributed by atoms with E-state index in [1.807, 2.05) is 0 Å². The van der Waals surface area contributed by atoms with Crippen LogP contribution in [0.3, 0.4) is 0 Å². The predicted octanol–water partition coefficient (Wildman–Crippen LogP) is 0.582. The van der Waals surface area contributed by atoms with Crippen LogP contribution >= 0.6 is 0 Å². The highest BCUT2D eigenvalue weighted by atomic mass is 16.5. The van der Waals surface area contributed by atoms with Gasteiger partial charge in [-0.05, 0) is 6.92 Å². The first-order valence-corrected chi connectivity index (χ1v) is 4.00. The van der Waals surface area contributed by atoms with E-state index in [0.717, 1.165) is 0 Å². The van der Waals surface area contributed by atoms with E-state index in [9.17, 15) is 9.59 Å². The van der Waals surface area contributed by atoms with E-state index in [4.69, 9.17) is 0 Å². The van der Waals surface area contributed by atoms with Gasteiger partial charge in [0, 0.05) is 13.5 Å². The van der Waals surface area contributed by atoms with Gasteiger partial charge < -0.3 is 9.64 Å². The molecule has 4 nitrogen and oxygen atoms in total. The second-order valence-corrected chi connectivity index (χ2v) is 2.66. The summed E-state index contributed by atoms with van der Waals surface area (Å²) in [5, 5.41) is 0. The monoisotopic (exact) mass is 185 g/mol. The van der Waals surface area contributed by atoms with Crippen LogP contribution in [0.1, 0.15) is 13.8 Å². The van der Waals surface area contributed by atoms with Crippen molar-refractivity contribution in [1.82, 2.24) is 4.90 Å². The molecule has 0 N–H and O–H groups in total. The molecule has 1 amide bonds. The molecular weight excluding hydrogens is 170 g/mol. The van der Waals surface area contributed by atoms with Crippen molar-refractivity contribution in [1.29, 1.82) is 0 Å². The predicted molar refractivity (Wildman–Crippen MR) is 49.1 cm³/mol. The molecule has 0 heterocycles. The van der Waals surface area contributed by atoms with Crippen LogP contribution in [0.5, 0.6) is 0 Å². The number of methoxy groups -OCH3 is 1. The van der Waals surface area contributed by atoms with Crippen molar-refractivity contribution in [3.8, 4) is 0 Å². The Morgan fingerprint density at radius 1 is 1.62 bits per heavy atom. The van der Waals surface area contributed by atoms with Crippen molar-refractivity contribution in [2.45, 2.75) is 19.9 Å². The van der Waals surface area contributed by atoms with Crippen LogP contribution in [0.2, 0.25) is 0 Å². The Balaban J connectivity index is 4.44. The van der Waals surface area contributed by atoms with Crippen molar-refractivity contribution in [2.75, 3.05) is 13.7 Å². The lowest BCUT2D eigenvalue weighted by Crippen LogP contribution is -2.42. The highest BCUT2D eigenvalue weighted by Crippen LogP contribution is 2.01. The van der Waals surface area contributed by atoms with Crippen LogP contribution in [-0.2, 0) is 14.3 Å². The highest BCUT2D eigenvalue weighted by molar-refractivity contribution is 5.83. The van der Waals surface area contributed by atoms with E-state index in [2.05, 4.69) is 11.3 Å². The van der Waals surface area contributed by atoms with Crippen molar-refractivity contribution in [3.05, 3.63) is 12.7 Å². The van der Waals surface area contributed by atoms with Gasteiger partial charge in [0.05, 0.1) is 7.11 Å². The molecule has 0 aliphatic heterocycles. The molecule has 1 atom stereocenters. The average molecular weight is 185 g/mol. The van der Waals surface area contributed by atoms with Crippen molar-refractivity contribution in [3.63, 3.8) is 0 Å². The van der Waals surface area contributed by atoms with Gasteiger partial charge >= 0.3 is 5.97 Å². The van der Waals surface area contributed by atoms with E-state index in [1.165, 1.54) is 18.9 Å². The third-order valence-corrected chi connectivity index (χ3v) is 1.74. The second-order valence-electron chi connectivity index (χ2n) is 2.66. The molecule has 0 spiro atoms. The summed E-state index contributed by atoms with van der Waals surface area (Å²) >= 11 is 0. The molecule has 0 radical (unpaired) electrons. The summed E-state index contributed by atoms with van der Waals surface area (Å²) in [6.45, 7) is 6.88. The lowest BCUT2D eigenvalue weighted by molar-refractivity contribution is -0.150. The largest absolute Gasteiger partial charge is 0.467 e. The number of nitrogens with zero attached hydrogens (tertiary/aromatic N) is 1. The average Bonchev–Trinajstić information content (AvgIpc) is 2.11. The first-order chi connectivity index (χ1) is 6.04. The van der Waals surface area contributed by atoms with Gasteiger partial charge in [0.25, 0.3) is 0 Å². The molecule has 0 saturated carbocycles. The van der Waals surface area contributed by atoms with Crippen LogP contribution in [0.15, 0.2) is 12.7 Å². The molecule has 0 aromatic carbocycles. The maximum Gasteiger partial charge on any atom is 0.328 e. The van der Waals surface area contributed by atoms with Gasteiger partial charge in [0.15, 0.2) is 0 Å². The fourth-order valence-electron chi connectivity index (χ4n) is 0.996. The summed E-state index contributed by atoms with van der Waals surface area (Å²) in [7, 11) is 1.30. The number of amides is 1. The zero-order valence-corrected chi connectivity index (χ0v) is 8.24. The minimum Gasteiger partial charge on any atom is -0.467 e. The standard InChI is InChI=1S/C9H15NO3/c1-5-6-10(8(3)11)7(2)9(12)13-4/h5,7H,1,6H2,2-4H3. The number of carbonyl (C=O) groups is 2. The first-order valence-electron chi connectivity index (χ1n) is 4.00. The Morgan fingerprint density at radius 3 is 2.46 bits per heavy atom. The molecule has 0 aromatic heterocycles. The van der Waals surface area contributed by atoms with Crippen molar-refractivity contribution in [2.24, 2.45) is 0 Å². The first kappa shape index (κ1) is 11.7. The molecule has 0 rings (SSSR count). The summed E-state index contributed by atoms with van der Waals surface area (Å²) in [5.74, 6) is -0.588. The molecule has 0 bridgehead atoms. The number of carbonyl (C=O) groups excluding carboxylic acids is 2. The quantitative estimate of drug-likeness (QED) is 0.475. The van der Waals surface area contributed by atoms with Gasteiger partial charge in [-0.25, -0.2) is 4.79 Å². The summed E-state index contributed by atoms with van der Waals surface area (Å²) in [6.07, 6.45) is 1.57. The lowest BCUT2D eigenvalue weighted by Gasteiger charge is -2.24. The van der Waals surface area contributed by atoms with Gasteiger partial charge in [-0.15, -0.1) is 6.58 Å². The summed E-state index contributed by atoms with van der Waals surface area (Å²) in [6, 6.07) is -0.555. The molecule has 0 aliphatic rings. The molecule has 13 heavy (non-hydrogen) atoms. The molecule has 0 saturated heterocycles. The Kier molecular flexibility index (Phi) is 4.80. The summed E-state index contributed by atoms with van der Waals surface area (Å²) < 4.78 is 4.52. The van der Waals surface area contributed by atoms with Gasteiger partial charge in [0.1, 0.15) is 6.04 Å². The van der Waals surface area contributed by atoms with Crippen molar-refractivity contribution >= 4 is 11.9 Å². The second kappa shape index (κ2) is 5.35. The van der Waals surface area contributed by atoms with E-state index < -0.39 is 12.0 Å². The van der Waals surface area contributed by atoms with E-state index in [-0.39, 0.29) is 5.91 Å². The van der Waals surface area contributed by atoms with Crippen LogP contribution in [0.25, 0.3) is 0 Å². The van der Waals surface area contributed by atoms with Crippen molar-refractivity contribution < 1.29 is 14.3 Å². The van der Waals surface area contributed by atoms with Crippen LogP contribution in [0.4, 0.5) is 0 Å². The minimum absolute atomic E-state index is 0.169. The van der Waals surface area contributed by atoms with Gasteiger partial charge in [-0.1, -0.05) is 6.08 Å².